The van der Waals surface area contributed by atoms with Crippen LogP contribution in [0.15, 0.2) is 12.1 Å². The number of benzene rings is 1. The van der Waals surface area contributed by atoms with E-state index in [1.165, 1.54) is 0 Å². The number of rotatable bonds is 4. The predicted molar refractivity (Wildman–Crippen MR) is 52.9 cm³/mol. The van der Waals surface area contributed by atoms with Crippen LogP contribution in [0.4, 0.5) is 8.78 Å². The predicted octanol–water partition coefficient (Wildman–Crippen LogP) is 0.284. The standard InChI is InChI=1S/C10H13F2NO3/c1-13-4-8(15)10(16)5-2-6(11)9(12)7(14)3-5/h2-3,8,10,13-16H,4H2,1H3. The fourth-order valence-corrected chi connectivity index (χ4v) is 1.31. The summed E-state index contributed by atoms with van der Waals surface area (Å²) in [7, 11) is 1.57. The van der Waals surface area contributed by atoms with Crippen LogP contribution in [0, 0.1) is 11.6 Å². The highest BCUT2D eigenvalue weighted by atomic mass is 19.2. The molecule has 1 aromatic rings. The van der Waals surface area contributed by atoms with E-state index in [2.05, 4.69) is 5.32 Å². The smallest absolute Gasteiger partial charge is 0.200 e. The Morgan fingerprint density at radius 3 is 2.44 bits per heavy atom. The van der Waals surface area contributed by atoms with Crippen LogP contribution in [0.2, 0.25) is 0 Å². The molecule has 6 heteroatoms. The molecule has 0 radical (unpaired) electrons. The van der Waals surface area contributed by atoms with Crippen LogP contribution >= 0.6 is 0 Å². The van der Waals surface area contributed by atoms with Crippen LogP contribution < -0.4 is 5.32 Å². The number of likely N-dealkylation sites (N-methyl/N-ethyl adjacent to an activating group) is 1. The molecule has 2 atom stereocenters. The van der Waals surface area contributed by atoms with Gasteiger partial charge in [-0.2, -0.15) is 4.39 Å². The molecule has 0 heterocycles. The van der Waals surface area contributed by atoms with Crippen molar-refractivity contribution >= 4 is 0 Å². The topological polar surface area (TPSA) is 72.7 Å². The average molecular weight is 233 g/mol. The summed E-state index contributed by atoms with van der Waals surface area (Å²) in [5, 5.41) is 30.6. The maximum Gasteiger partial charge on any atom is 0.200 e. The zero-order chi connectivity index (χ0) is 12.3. The Labute approximate surface area is 91.2 Å². The summed E-state index contributed by atoms with van der Waals surface area (Å²) in [4.78, 5) is 0. The van der Waals surface area contributed by atoms with E-state index >= 15 is 0 Å². The van der Waals surface area contributed by atoms with Crippen LogP contribution in [0.3, 0.4) is 0 Å². The lowest BCUT2D eigenvalue weighted by Crippen LogP contribution is -2.29. The molecule has 0 spiro atoms. The zero-order valence-electron chi connectivity index (χ0n) is 8.61. The van der Waals surface area contributed by atoms with Gasteiger partial charge in [0.05, 0.1) is 6.10 Å². The second kappa shape index (κ2) is 5.20. The Balaban J connectivity index is 2.96. The van der Waals surface area contributed by atoms with Crippen molar-refractivity contribution in [2.75, 3.05) is 13.6 Å². The molecule has 0 fully saturated rings. The number of phenolic OH excluding ortho intramolecular Hbond substituents is 1. The summed E-state index contributed by atoms with van der Waals surface area (Å²) < 4.78 is 25.6. The van der Waals surface area contributed by atoms with Gasteiger partial charge in [0.2, 0.25) is 0 Å². The minimum atomic E-state index is -1.39. The minimum absolute atomic E-state index is 0.0841. The van der Waals surface area contributed by atoms with Crippen molar-refractivity contribution in [1.29, 1.82) is 0 Å². The third kappa shape index (κ3) is 2.66. The fraction of sp³-hybridized carbons (Fsp3) is 0.400. The highest BCUT2D eigenvalue weighted by Gasteiger charge is 2.20. The van der Waals surface area contributed by atoms with E-state index in [-0.39, 0.29) is 12.1 Å². The van der Waals surface area contributed by atoms with Gasteiger partial charge in [0.1, 0.15) is 6.10 Å². The van der Waals surface area contributed by atoms with Crippen LogP contribution in [-0.4, -0.2) is 35.0 Å². The lowest BCUT2D eigenvalue weighted by Gasteiger charge is -2.18. The van der Waals surface area contributed by atoms with Crippen molar-refractivity contribution in [1.82, 2.24) is 5.32 Å². The number of aliphatic hydroxyl groups excluding tert-OH is 2. The highest BCUT2D eigenvalue weighted by molar-refractivity contribution is 5.32. The van der Waals surface area contributed by atoms with Crippen molar-refractivity contribution < 1.29 is 24.1 Å². The number of hydrogen-bond donors (Lipinski definition) is 4. The highest BCUT2D eigenvalue weighted by Crippen LogP contribution is 2.25. The van der Waals surface area contributed by atoms with E-state index in [1.807, 2.05) is 0 Å². The van der Waals surface area contributed by atoms with Gasteiger partial charge in [0.25, 0.3) is 0 Å². The molecule has 2 unspecified atom stereocenters. The van der Waals surface area contributed by atoms with Gasteiger partial charge in [-0.05, 0) is 24.7 Å². The Morgan fingerprint density at radius 2 is 1.94 bits per heavy atom. The summed E-state index contributed by atoms with van der Waals surface area (Å²) in [6.45, 7) is 0.0843. The molecular weight excluding hydrogens is 220 g/mol. The van der Waals surface area contributed by atoms with Crippen LogP contribution in [-0.2, 0) is 0 Å². The second-order valence-electron chi connectivity index (χ2n) is 3.41. The van der Waals surface area contributed by atoms with Crippen LogP contribution in [0.1, 0.15) is 11.7 Å². The fourth-order valence-electron chi connectivity index (χ4n) is 1.31. The molecule has 0 aliphatic heterocycles. The number of aromatic hydroxyl groups is 1. The van der Waals surface area contributed by atoms with E-state index in [9.17, 15) is 19.0 Å². The first-order chi connectivity index (χ1) is 7.47. The lowest BCUT2D eigenvalue weighted by atomic mass is 10.0. The minimum Gasteiger partial charge on any atom is -0.505 e. The zero-order valence-corrected chi connectivity index (χ0v) is 8.61. The van der Waals surface area contributed by atoms with Crippen molar-refractivity contribution in [3.8, 4) is 5.75 Å². The molecule has 4 N–H and O–H groups in total. The first-order valence-electron chi connectivity index (χ1n) is 4.66. The van der Waals surface area contributed by atoms with Gasteiger partial charge >= 0.3 is 0 Å². The largest absolute Gasteiger partial charge is 0.505 e. The molecule has 0 aromatic heterocycles. The van der Waals surface area contributed by atoms with Gasteiger partial charge < -0.3 is 20.6 Å². The molecule has 0 bridgehead atoms. The van der Waals surface area contributed by atoms with E-state index in [0.717, 1.165) is 12.1 Å². The molecule has 0 saturated carbocycles. The van der Waals surface area contributed by atoms with Crippen molar-refractivity contribution in [2.45, 2.75) is 12.2 Å². The van der Waals surface area contributed by atoms with Crippen LogP contribution in [0.5, 0.6) is 5.75 Å². The van der Waals surface area contributed by atoms with E-state index in [4.69, 9.17) is 5.11 Å². The molecular formula is C10H13F2NO3. The first kappa shape index (κ1) is 12.8. The van der Waals surface area contributed by atoms with Crippen molar-refractivity contribution in [2.24, 2.45) is 0 Å². The number of halogens is 2. The maximum absolute atomic E-state index is 12.9. The Morgan fingerprint density at radius 1 is 1.31 bits per heavy atom. The summed E-state index contributed by atoms with van der Waals surface area (Å²) in [6, 6.07) is 1.61. The van der Waals surface area contributed by atoms with Crippen molar-refractivity contribution in [3.05, 3.63) is 29.3 Å². The van der Waals surface area contributed by atoms with Gasteiger partial charge in [0.15, 0.2) is 17.4 Å². The molecule has 1 rings (SSSR count). The number of nitrogens with one attached hydrogen (secondary N) is 1. The summed E-state index contributed by atoms with van der Waals surface area (Å²) >= 11 is 0. The normalized spacial score (nSPS) is 14.8. The number of aliphatic hydroxyl groups is 2. The van der Waals surface area contributed by atoms with Gasteiger partial charge in [-0.25, -0.2) is 4.39 Å². The summed E-state index contributed by atoms with van der Waals surface area (Å²) in [6.07, 6.45) is -2.57. The van der Waals surface area contributed by atoms with Gasteiger partial charge in [-0.15, -0.1) is 0 Å². The van der Waals surface area contributed by atoms with E-state index in [1.54, 1.807) is 7.05 Å². The molecule has 0 amide bonds. The first-order valence-corrected chi connectivity index (χ1v) is 4.66. The second-order valence-corrected chi connectivity index (χ2v) is 3.41. The Hall–Kier alpha value is -1.24. The van der Waals surface area contributed by atoms with Crippen molar-refractivity contribution in [3.63, 3.8) is 0 Å². The Kier molecular flexibility index (Phi) is 4.17. The van der Waals surface area contributed by atoms with Gasteiger partial charge in [-0.1, -0.05) is 0 Å². The van der Waals surface area contributed by atoms with E-state index in [0.29, 0.717) is 0 Å². The molecule has 0 aliphatic rings. The molecule has 90 valence electrons. The lowest BCUT2D eigenvalue weighted by molar-refractivity contribution is 0.0199. The number of hydrogen-bond acceptors (Lipinski definition) is 4. The third-order valence-corrected chi connectivity index (χ3v) is 2.15. The maximum atomic E-state index is 12.9. The summed E-state index contributed by atoms with van der Waals surface area (Å²) in [5.41, 5.74) is -0.0841. The third-order valence-electron chi connectivity index (χ3n) is 2.15. The average Bonchev–Trinajstić information content (AvgIpc) is 2.24. The quantitative estimate of drug-likeness (QED) is 0.603. The molecule has 0 saturated heterocycles. The SMILES string of the molecule is CNCC(O)C(O)c1cc(O)c(F)c(F)c1. The molecule has 4 nitrogen and oxygen atoms in total. The van der Waals surface area contributed by atoms with E-state index < -0.39 is 29.6 Å². The van der Waals surface area contributed by atoms with Crippen LogP contribution in [0.25, 0.3) is 0 Å². The monoisotopic (exact) mass is 233 g/mol. The Bertz CT molecular complexity index is 350. The van der Waals surface area contributed by atoms with Gasteiger partial charge in [0, 0.05) is 6.54 Å². The number of phenols is 1. The molecule has 16 heavy (non-hydrogen) atoms. The molecule has 0 aliphatic carbocycles. The van der Waals surface area contributed by atoms with Gasteiger partial charge in [-0.3, -0.25) is 0 Å². The molecule has 1 aromatic carbocycles. The summed E-state index contributed by atoms with van der Waals surface area (Å²) in [5.74, 6) is -3.55.